The number of carbonyl (C=O) groups excluding carboxylic acids is 2. The number of rotatable bonds is 4. The van der Waals surface area contributed by atoms with Crippen LogP contribution in [0.15, 0.2) is 0 Å². The number of nitrogens with zero attached hydrogens (tertiary/aromatic N) is 1. The number of amides is 3. The van der Waals surface area contributed by atoms with Gasteiger partial charge in [-0.15, -0.1) is 0 Å². The third kappa shape index (κ3) is 3.90. The smallest absolute Gasteiger partial charge is 0.326 e. The van der Waals surface area contributed by atoms with Crippen molar-refractivity contribution in [3.05, 3.63) is 0 Å². The lowest BCUT2D eigenvalue weighted by Crippen LogP contribution is -2.52. The van der Waals surface area contributed by atoms with Crippen LogP contribution in [-0.2, 0) is 9.59 Å². The number of nitrogens with one attached hydrogen (secondary N) is 2. The van der Waals surface area contributed by atoms with Gasteiger partial charge >= 0.3 is 12.0 Å². The van der Waals surface area contributed by atoms with Crippen LogP contribution in [0.5, 0.6) is 0 Å². The summed E-state index contributed by atoms with van der Waals surface area (Å²) in [6.07, 6.45) is 2.30. The molecule has 0 bridgehead atoms. The molecule has 102 valence electrons. The van der Waals surface area contributed by atoms with E-state index in [1.165, 1.54) is 11.9 Å². The van der Waals surface area contributed by atoms with E-state index in [2.05, 4.69) is 10.6 Å². The Hall–Kier alpha value is -1.79. The van der Waals surface area contributed by atoms with Gasteiger partial charge < -0.3 is 20.6 Å². The zero-order valence-corrected chi connectivity index (χ0v) is 10.4. The molecule has 1 aliphatic rings. The zero-order chi connectivity index (χ0) is 13.5. The number of carboxylic acids is 1. The molecule has 1 saturated heterocycles. The van der Waals surface area contributed by atoms with Gasteiger partial charge in [-0.3, -0.25) is 4.79 Å². The summed E-state index contributed by atoms with van der Waals surface area (Å²) in [4.78, 5) is 35.1. The fraction of sp³-hybridized carbons (Fsp3) is 0.727. The summed E-state index contributed by atoms with van der Waals surface area (Å²) in [5, 5.41) is 14.0. The predicted octanol–water partition coefficient (Wildman–Crippen LogP) is -0.229. The Balaban J connectivity index is 2.43. The normalized spacial score (nSPS) is 19.2. The first-order chi connectivity index (χ1) is 8.56. The molecule has 0 aromatic rings. The van der Waals surface area contributed by atoms with Crippen molar-refractivity contribution in [2.45, 2.75) is 31.7 Å². The molecular formula is C11H19N3O4. The first-order valence-corrected chi connectivity index (χ1v) is 6.04. The van der Waals surface area contributed by atoms with Crippen molar-refractivity contribution in [3.63, 3.8) is 0 Å². The van der Waals surface area contributed by atoms with Crippen molar-refractivity contribution < 1.29 is 19.5 Å². The Labute approximate surface area is 106 Å². The van der Waals surface area contributed by atoms with Gasteiger partial charge in [0.1, 0.15) is 6.04 Å². The van der Waals surface area contributed by atoms with E-state index in [0.29, 0.717) is 13.0 Å². The first-order valence-electron chi connectivity index (χ1n) is 6.04. The average Bonchev–Trinajstić information content (AvgIpc) is 2.38. The van der Waals surface area contributed by atoms with Crippen LogP contribution in [0.3, 0.4) is 0 Å². The Kier molecular flexibility index (Phi) is 5.41. The summed E-state index contributed by atoms with van der Waals surface area (Å²) in [7, 11) is 1.52. The Morgan fingerprint density at radius 3 is 2.67 bits per heavy atom. The first kappa shape index (κ1) is 14.3. The predicted molar refractivity (Wildman–Crippen MR) is 64.1 cm³/mol. The lowest BCUT2D eigenvalue weighted by molar-refractivity contribution is -0.143. The molecule has 0 spiro atoms. The van der Waals surface area contributed by atoms with Crippen LogP contribution in [0.25, 0.3) is 0 Å². The molecule has 0 aromatic carbocycles. The largest absolute Gasteiger partial charge is 0.480 e. The van der Waals surface area contributed by atoms with Crippen LogP contribution in [0, 0.1) is 0 Å². The molecule has 1 aliphatic heterocycles. The maximum atomic E-state index is 11.8. The third-order valence-electron chi connectivity index (χ3n) is 2.96. The monoisotopic (exact) mass is 257 g/mol. The Bertz CT molecular complexity index is 332. The van der Waals surface area contributed by atoms with Crippen molar-refractivity contribution in [2.75, 3.05) is 20.1 Å². The number of piperidine rings is 1. The molecule has 0 aliphatic carbocycles. The van der Waals surface area contributed by atoms with Gasteiger partial charge in [-0.25, -0.2) is 9.59 Å². The van der Waals surface area contributed by atoms with Gasteiger partial charge in [0.25, 0.3) is 0 Å². The van der Waals surface area contributed by atoms with E-state index in [0.717, 1.165) is 12.8 Å². The van der Waals surface area contributed by atoms with E-state index in [9.17, 15) is 14.4 Å². The van der Waals surface area contributed by atoms with E-state index in [-0.39, 0.29) is 18.9 Å². The van der Waals surface area contributed by atoms with E-state index in [1.807, 2.05) is 0 Å². The molecule has 3 amide bonds. The third-order valence-corrected chi connectivity index (χ3v) is 2.96. The fourth-order valence-corrected chi connectivity index (χ4v) is 1.94. The molecule has 7 heteroatoms. The molecule has 0 radical (unpaired) electrons. The quantitative estimate of drug-likeness (QED) is 0.648. The number of carboxylic acid groups (broad SMARTS) is 1. The molecule has 0 aromatic heterocycles. The lowest BCUT2D eigenvalue weighted by Gasteiger charge is -2.32. The molecule has 1 unspecified atom stereocenters. The van der Waals surface area contributed by atoms with Crippen LogP contribution in [0.1, 0.15) is 25.7 Å². The topological polar surface area (TPSA) is 98.7 Å². The van der Waals surface area contributed by atoms with Gasteiger partial charge in [-0.05, 0) is 19.3 Å². The van der Waals surface area contributed by atoms with E-state index < -0.39 is 18.0 Å². The van der Waals surface area contributed by atoms with Gasteiger partial charge in [0, 0.05) is 26.6 Å². The van der Waals surface area contributed by atoms with Crippen molar-refractivity contribution in [3.8, 4) is 0 Å². The summed E-state index contributed by atoms with van der Waals surface area (Å²) in [5.41, 5.74) is 0. The van der Waals surface area contributed by atoms with Crippen LogP contribution in [0.4, 0.5) is 4.79 Å². The minimum Gasteiger partial charge on any atom is -0.480 e. The summed E-state index contributed by atoms with van der Waals surface area (Å²) in [6, 6.07) is -1.16. The van der Waals surface area contributed by atoms with Gasteiger partial charge in [-0.2, -0.15) is 0 Å². The number of likely N-dealkylation sites (tertiary alicyclic amines) is 1. The highest BCUT2D eigenvalue weighted by Crippen LogP contribution is 2.17. The number of aliphatic carboxylic acids is 1. The molecule has 1 rings (SSSR count). The maximum Gasteiger partial charge on any atom is 0.326 e. The molecule has 1 heterocycles. The molecule has 7 nitrogen and oxygen atoms in total. The Morgan fingerprint density at radius 2 is 2.06 bits per heavy atom. The fourth-order valence-electron chi connectivity index (χ4n) is 1.94. The Morgan fingerprint density at radius 1 is 1.33 bits per heavy atom. The summed E-state index contributed by atoms with van der Waals surface area (Å²) >= 11 is 0. The highest BCUT2D eigenvalue weighted by atomic mass is 16.4. The summed E-state index contributed by atoms with van der Waals surface area (Å²) in [6.45, 7) is 0.657. The minimum atomic E-state index is -0.976. The number of hydrogen-bond donors (Lipinski definition) is 3. The zero-order valence-electron chi connectivity index (χ0n) is 10.4. The van der Waals surface area contributed by atoms with Gasteiger partial charge in [-0.1, -0.05) is 0 Å². The van der Waals surface area contributed by atoms with Crippen LogP contribution in [0.2, 0.25) is 0 Å². The SMILES string of the molecule is CNC(=O)CCNC(=O)N1CCCCC1C(=O)O. The van der Waals surface area contributed by atoms with E-state index in [4.69, 9.17) is 5.11 Å². The standard InChI is InChI=1S/C11H19N3O4/c1-12-9(15)5-6-13-11(18)14-7-3-2-4-8(14)10(16)17/h8H,2-7H2,1H3,(H,12,15)(H,13,18)(H,16,17). The summed E-state index contributed by atoms with van der Waals surface area (Å²) in [5.74, 6) is -1.14. The lowest BCUT2D eigenvalue weighted by atomic mass is 10.0. The maximum absolute atomic E-state index is 11.8. The molecule has 1 fully saturated rings. The molecule has 3 N–H and O–H groups in total. The van der Waals surface area contributed by atoms with E-state index in [1.54, 1.807) is 0 Å². The second kappa shape index (κ2) is 6.83. The van der Waals surface area contributed by atoms with Crippen LogP contribution >= 0.6 is 0 Å². The molecule has 0 saturated carbocycles. The minimum absolute atomic E-state index is 0.163. The molecule has 18 heavy (non-hydrogen) atoms. The van der Waals surface area contributed by atoms with Gasteiger partial charge in [0.2, 0.25) is 5.91 Å². The number of hydrogen-bond acceptors (Lipinski definition) is 3. The second-order valence-corrected chi connectivity index (χ2v) is 4.20. The number of carbonyl (C=O) groups is 3. The van der Waals surface area contributed by atoms with Crippen molar-refractivity contribution in [2.24, 2.45) is 0 Å². The van der Waals surface area contributed by atoms with Crippen molar-refractivity contribution in [1.82, 2.24) is 15.5 Å². The number of urea groups is 1. The summed E-state index contributed by atoms with van der Waals surface area (Å²) < 4.78 is 0. The average molecular weight is 257 g/mol. The van der Waals surface area contributed by atoms with Gasteiger partial charge in [0.15, 0.2) is 0 Å². The molecular weight excluding hydrogens is 238 g/mol. The van der Waals surface area contributed by atoms with Crippen LogP contribution < -0.4 is 10.6 Å². The van der Waals surface area contributed by atoms with Gasteiger partial charge in [0.05, 0.1) is 0 Å². The van der Waals surface area contributed by atoms with Crippen molar-refractivity contribution in [1.29, 1.82) is 0 Å². The highest BCUT2D eigenvalue weighted by Gasteiger charge is 2.31. The second-order valence-electron chi connectivity index (χ2n) is 4.20. The molecule has 1 atom stereocenters. The van der Waals surface area contributed by atoms with Crippen molar-refractivity contribution >= 4 is 17.9 Å². The van der Waals surface area contributed by atoms with E-state index >= 15 is 0 Å². The van der Waals surface area contributed by atoms with Crippen LogP contribution in [-0.4, -0.2) is 54.1 Å². The highest BCUT2D eigenvalue weighted by molar-refractivity contribution is 5.83.